The Labute approximate surface area is 169 Å². The second kappa shape index (κ2) is 9.92. The van der Waals surface area contributed by atoms with Crippen LogP contribution in [0.1, 0.15) is 33.2 Å². The molecular weight excluding hydrogens is 398 g/mol. The monoisotopic (exact) mass is 421 g/mol. The zero-order chi connectivity index (χ0) is 21.4. The molecule has 2 aromatic carbocycles. The standard InChI is InChI=1S/C20H23NO7S/c1-4-14-5-8-16(9-6-14)28-11-12-29(24,25)21-18-13-15(19(22)26-2)7-10-17(18)20(23)27-3/h5-10,13,21H,4,11-12H2,1-3H3. The van der Waals surface area contributed by atoms with E-state index >= 15 is 0 Å². The Kier molecular flexibility index (Phi) is 7.60. The maximum absolute atomic E-state index is 12.4. The van der Waals surface area contributed by atoms with Crippen molar-refractivity contribution in [1.29, 1.82) is 0 Å². The van der Waals surface area contributed by atoms with Crippen LogP contribution in [-0.4, -0.2) is 46.9 Å². The molecule has 8 nitrogen and oxygen atoms in total. The van der Waals surface area contributed by atoms with Crippen LogP contribution in [0, 0.1) is 0 Å². The minimum atomic E-state index is -3.87. The molecule has 0 atom stereocenters. The SMILES string of the molecule is CCc1ccc(OCCS(=O)(=O)Nc2cc(C(=O)OC)ccc2C(=O)OC)cc1. The van der Waals surface area contributed by atoms with E-state index < -0.39 is 22.0 Å². The topological polar surface area (TPSA) is 108 Å². The number of rotatable bonds is 9. The van der Waals surface area contributed by atoms with Gasteiger partial charge in [0.1, 0.15) is 18.1 Å². The highest BCUT2D eigenvalue weighted by molar-refractivity contribution is 7.92. The third kappa shape index (κ3) is 6.21. The molecule has 2 rings (SSSR count). The molecule has 0 aliphatic carbocycles. The summed E-state index contributed by atoms with van der Waals surface area (Å²) < 4.78 is 42.0. The number of aryl methyl sites for hydroxylation is 1. The Morgan fingerprint density at radius 3 is 2.21 bits per heavy atom. The van der Waals surface area contributed by atoms with Gasteiger partial charge in [-0.25, -0.2) is 18.0 Å². The Morgan fingerprint density at radius 2 is 1.62 bits per heavy atom. The lowest BCUT2D eigenvalue weighted by molar-refractivity contribution is 0.0587. The molecule has 0 radical (unpaired) electrons. The van der Waals surface area contributed by atoms with Gasteiger partial charge in [0, 0.05) is 0 Å². The number of ether oxygens (including phenoxy) is 3. The number of benzene rings is 2. The van der Waals surface area contributed by atoms with Crippen molar-refractivity contribution in [1.82, 2.24) is 0 Å². The van der Waals surface area contributed by atoms with Gasteiger partial charge < -0.3 is 14.2 Å². The summed E-state index contributed by atoms with van der Waals surface area (Å²) in [5.41, 5.74) is 1.13. The third-order valence-electron chi connectivity index (χ3n) is 4.06. The molecule has 9 heteroatoms. The fraction of sp³-hybridized carbons (Fsp3) is 0.300. The van der Waals surface area contributed by atoms with E-state index in [2.05, 4.69) is 14.2 Å². The molecular formula is C20H23NO7S. The number of nitrogens with one attached hydrogen (secondary N) is 1. The summed E-state index contributed by atoms with van der Waals surface area (Å²) in [7, 11) is -1.49. The second-order valence-corrected chi connectivity index (χ2v) is 7.85. The molecule has 29 heavy (non-hydrogen) atoms. The maximum atomic E-state index is 12.4. The fourth-order valence-electron chi connectivity index (χ4n) is 2.47. The maximum Gasteiger partial charge on any atom is 0.339 e. The molecule has 0 bridgehead atoms. The summed E-state index contributed by atoms with van der Waals surface area (Å²) in [6, 6.07) is 11.2. The molecule has 2 aromatic rings. The molecule has 0 heterocycles. The molecule has 1 N–H and O–H groups in total. The van der Waals surface area contributed by atoms with Gasteiger partial charge in [0.2, 0.25) is 10.0 Å². The Bertz CT molecular complexity index is 969. The van der Waals surface area contributed by atoms with Gasteiger partial charge >= 0.3 is 11.9 Å². The van der Waals surface area contributed by atoms with E-state index in [9.17, 15) is 18.0 Å². The van der Waals surface area contributed by atoms with Crippen LogP contribution >= 0.6 is 0 Å². The minimum absolute atomic E-state index is 0.0280. The van der Waals surface area contributed by atoms with Crippen LogP contribution in [0.2, 0.25) is 0 Å². The number of hydrogen-bond acceptors (Lipinski definition) is 7. The molecule has 0 aliphatic rings. The van der Waals surface area contributed by atoms with Gasteiger partial charge in [-0.2, -0.15) is 0 Å². The molecule has 0 unspecified atom stereocenters. The van der Waals surface area contributed by atoms with Crippen molar-refractivity contribution in [2.24, 2.45) is 0 Å². The number of esters is 2. The van der Waals surface area contributed by atoms with E-state index in [0.29, 0.717) is 5.75 Å². The van der Waals surface area contributed by atoms with Gasteiger partial charge in [-0.05, 0) is 42.3 Å². The van der Waals surface area contributed by atoms with Crippen LogP contribution < -0.4 is 9.46 Å². The average molecular weight is 421 g/mol. The lowest BCUT2D eigenvalue weighted by atomic mass is 10.1. The summed E-state index contributed by atoms with van der Waals surface area (Å²) >= 11 is 0. The Hall–Kier alpha value is -3.07. The highest BCUT2D eigenvalue weighted by atomic mass is 32.2. The van der Waals surface area contributed by atoms with Crippen molar-refractivity contribution in [3.05, 3.63) is 59.2 Å². The van der Waals surface area contributed by atoms with Crippen LogP contribution in [-0.2, 0) is 25.9 Å². The number of hydrogen-bond donors (Lipinski definition) is 1. The molecule has 0 spiro atoms. The van der Waals surface area contributed by atoms with Gasteiger partial charge in [-0.1, -0.05) is 19.1 Å². The normalized spacial score (nSPS) is 10.9. The second-order valence-electron chi connectivity index (χ2n) is 6.01. The first-order chi connectivity index (χ1) is 13.8. The van der Waals surface area contributed by atoms with Crippen molar-refractivity contribution < 1.29 is 32.2 Å². The van der Waals surface area contributed by atoms with Crippen LogP contribution in [0.4, 0.5) is 5.69 Å². The predicted molar refractivity (Wildman–Crippen MR) is 108 cm³/mol. The van der Waals surface area contributed by atoms with Crippen molar-refractivity contribution in [3.8, 4) is 5.75 Å². The van der Waals surface area contributed by atoms with Gasteiger partial charge in [0.05, 0.1) is 31.0 Å². The van der Waals surface area contributed by atoms with E-state index in [1.54, 1.807) is 12.1 Å². The largest absolute Gasteiger partial charge is 0.492 e. The summed E-state index contributed by atoms with van der Waals surface area (Å²) in [5.74, 6) is -1.21. The number of anilines is 1. The Morgan fingerprint density at radius 1 is 0.966 bits per heavy atom. The summed E-state index contributed by atoms with van der Waals surface area (Å²) in [6.45, 7) is 1.94. The van der Waals surface area contributed by atoms with E-state index in [0.717, 1.165) is 12.0 Å². The molecule has 0 fully saturated rings. The highest BCUT2D eigenvalue weighted by Crippen LogP contribution is 2.21. The van der Waals surface area contributed by atoms with E-state index in [4.69, 9.17) is 4.74 Å². The zero-order valence-electron chi connectivity index (χ0n) is 16.4. The summed E-state index contributed by atoms with van der Waals surface area (Å²) in [6.07, 6.45) is 0.895. The van der Waals surface area contributed by atoms with E-state index in [1.807, 2.05) is 19.1 Å². The van der Waals surface area contributed by atoms with Crippen LogP contribution in [0.15, 0.2) is 42.5 Å². The van der Waals surface area contributed by atoms with E-state index in [1.165, 1.54) is 32.4 Å². The molecule has 0 saturated heterocycles. The number of carbonyl (C=O) groups is 2. The zero-order valence-corrected chi connectivity index (χ0v) is 17.2. The lowest BCUT2D eigenvalue weighted by Gasteiger charge is -2.13. The summed E-state index contributed by atoms with van der Waals surface area (Å²) in [4.78, 5) is 23.6. The quantitative estimate of drug-likeness (QED) is 0.620. The van der Waals surface area contributed by atoms with E-state index in [-0.39, 0.29) is 29.2 Å². The van der Waals surface area contributed by atoms with Crippen molar-refractivity contribution in [2.45, 2.75) is 13.3 Å². The van der Waals surface area contributed by atoms with Gasteiger partial charge in [0.15, 0.2) is 0 Å². The minimum Gasteiger partial charge on any atom is -0.492 e. The predicted octanol–water partition coefficient (Wildman–Crippen LogP) is 2.64. The number of methoxy groups -OCH3 is 2. The number of carbonyl (C=O) groups excluding carboxylic acids is 2. The smallest absolute Gasteiger partial charge is 0.339 e. The highest BCUT2D eigenvalue weighted by Gasteiger charge is 2.20. The molecule has 0 amide bonds. The van der Waals surface area contributed by atoms with Crippen molar-refractivity contribution >= 4 is 27.6 Å². The molecule has 0 saturated carbocycles. The van der Waals surface area contributed by atoms with Crippen LogP contribution in [0.5, 0.6) is 5.75 Å². The fourth-order valence-corrected chi connectivity index (χ4v) is 3.38. The van der Waals surface area contributed by atoms with Crippen LogP contribution in [0.25, 0.3) is 0 Å². The first-order valence-electron chi connectivity index (χ1n) is 8.82. The first-order valence-corrected chi connectivity index (χ1v) is 10.5. The van der Waals surface area contributed by atoms with Gasteiger partial charge in [-0.15, -0.1) is 0 Å². The first kappa shape index (κ1) is 22.2. The van der Waals surface area contributed by atoms with Crippen molar-refractivity contribution in [3.63, 3.8) is 0 Å². The molecule has 0 aromatic heterocycles. The van der Waals surface area contributed by atoms with Gasteiger partial charge in [0.25, 0.3) is 0 Å². The Balaban J connectivity index is 2.12. The average Bonchev–Trinajstić information content (AvgIpc) is 2.72. The molecule has 0 aliphatic heterocycles. The third-order valence-corrected chi connectivity index (χ3v) is 5.30. The number of sulfonamides is 1. The summed E-state index contributed by atoms with van der Waals surface area (Å²) in [5, 5.41) is 0. The van der Waals surface area contributed by atoms with Gasteiger partial charge in [-0.3, -0.25) is 4.72 Å². The lowest BCUT2D eigenvalue weighted by Crippen LogP contribution is -2.23. The molecule has 156 valence electrons. The van der Waals surface area contributed by atoms with Crippen LogP contribution in [0.3, 0.4) is 0 Å². The van der Waals surface area contributed by atoms with Crippen molar-refractivity contribution in [2.75, 3.05) is 31.3 Å².